The van der Waals surface area contributed by atoms with Gasteiger partial charge in [0.2, 0.25) is 0 Å². The summed E-state index contributed by atoms with van der Waals surface area (Å²) >= 11 is 6.56. The Morgan fingerprint density at radius 3 is 2.88 bits per heavy atom. The first-order valence-corrected chi connectivity index (χ1v) is 6.22. The number of likely N-dealkylation sites (N-methyl/N-ethyl adjacent to an activating group) is 2. The number of fused-ring (bicyclic) bond motifs is 2. The summed E-state index contributed by atoms with van der Waals surface area (Å²) in [5.41, 5.74) is 1.27. The van der Waals surface area contributed by atoms with Gasteiger partial charge in [0.1, 0.15) is 0 Å². The molecule has 0 spiro atoms. The molecule has 3 atom stereocenters. The first-order chi connectivity index (χ1) is 7.58. The Labute approximate surface area is 101 Å². The van der Waals surface area contributed by atoms with Gasteiger partial charge < -0.3 is 0 Å². The number of rotatable bonds is 1. The molecule has 2 bridgehead atoms. The number of halogens is 1. The molecule has 1 saturated heterocycles. The van der Waals surface area contributed by atoms with E-state index in [4.69, 9.17) is 11.6 Å². The van der Waals surface area contributed by atoms with Gasteiger partial charge in [-0.2, -0.15) is 0 Å². The van der Waals surface area contributed by atoms with E-state index in [1.165, 1.54) is 18.4 Å². The summed E-state index contributed by atoms with van der Waals surface area (Å²) in [4.78, 5) is 1.87. The van der Waals surface area contributed by atoms with Gasteiger partial charge in [-0.1, -0.05) is 22.9 Å². The lowest BCUT2D eigenvalue weighted by Crippen LogP contribution is -2.40. The van der Waals surface area contributed by atoms with Gasteiger partial charge in [0.15, 0.2) is 5.00 Å². The van der Waals surface area contributed by atoms with Crippen molar-refractivity contribution in [2.24, 2.45) is 10.3 Å². The molecule has 0 radical (unpaired) electrons. The van der Waals surface area contributed by atoms with Crippen molar-refractivity contribution in [3.8, 4) is 0 Å². The third-order valence-electron chi connectivity index (χ3n) is 4.03. The minimum absolute atomic E-state index is 0.561. The number of hydrogen-bond acceptors (Lipinski definition) is 4. The van der Waals surface area contributed by atoms with Gasteiger partial charge in [0.25, 0.3) is 0 Å². The van der Waals surface area contributed by atoms with Gasteiger partial charge in [0.05, 0.1) is 6.54 Å². The molecule has 1 fully saturated rings. The van der Waals surface area contributed by atoms with Crippen molar-refractivity contribution in [1.29, 1.82) is 0 Å². The van der Waals surface area contributed by atoms with Crippen molar-refractivity contribution >= 4 is 11.6 Å². The first-order valence-electron chi connectivity index (χ1n) is 5.84. The SMILES string of the molecule is CN1CC(Cl)(C2=CC3CCC(C2)N3C)N=N1. The van der Waals surface area contributed by atoms with E-state index >= 15 is 0 Å². The predicted octanol–water partition coefficient (Wildman–Crippen LogP) is 2.03. The normalized spacial score (nSPS) is 42.9. The smallest absolute Gasteiger partial charge is 0.196 e. The second-order valence-electron chi connectivity index (χ2n) is 5.12. The quantitative estimate of drug-likeness (QED) is 0.399. The van der Waals surface area contributed by atoms with E-state index < -0.39 is 5.00 Å². The highest BCUT2D eigenvalue weighted by atomic mass is 35.5. The van der Waals surface area contributed by atoms with Crippen molar-refractivity contribution in [3.63, 3.8) is 0 Å². The minimum atomic E-state index is -0.586. The van der Waals surface area contributed by atoms with Gasteiger partial charge in [0, 0.05) is 19.1 Å². The Bertz CT molecular complexity index is 367. The maximum atomic E-state index is 6.56. The molecule has 0 aromatic heterocycles. The van der Waals surface area contributed by atoms with Crippen LogP contribution in [0.4, 0.5) is 0 Å². The van der Waals surface area contributed by atoms with Crippen LogP contribution in [0.5, 0.6) is 0 Å². The van der Waals surface area contributed by atoms with Crippen LogP contribution >= 0.6 is 11.6 Å². The molecule has 0 aliphatic carbocycles. The lowest BCUT2D eigenvalue weighted by Gasteiger charge is -2.34. The number of hydrogen-bond donors (Lipinski definition) is 0. The largest absolute Gasteiger partial charge is 0.297 e. The molecular weight excluding hydrogens is 224 g/mol. The van der Waals surface area contributed by atoms with Crippen molar-refractivity contribution in [3.05, 3.63) is 11.6 Å². The third-order valence-corrected chi connectivity index (χ3v) is 4.47. The standard InChI is InChI=1S/C11H17ClN4/c1-15-7-11(12,13-14-15)8-5-9-3-4-10(6-8)16(9)2/h5,9-10H,3-4,6-7H2,1-2H3. The van der Waals surface area contributed by atoms with E-state index in [0.29, 0.717) is 18.6 Å². The fraction of sp³-hybridized carbons (Fsp3) is 0.818. The summed E-state index contributed by atoms with van der Waals surface area (Å²) < 4.78 is 0. The summed E-state index contributed by atoms with van der Waals surface area (Å²) in [5, 5.41) is 10.1. The van der Waals surface area contributed by atoms with Crippen LogP contribution in [0.2, 0.25) is 0 Å². The molecule has 0 saturated carbocycles. The Morgan fingerprint density at radius 2 is 2.25 bits per heavy atom. The molecule has 3 unspecified atom stereocenters. The van der Waals surface area contributed by atoms with Gasteiger partial charge in [-0.25, -0.2) is 0 Å². The van der Waals surface area contributed by atoms with E-state index in [1.807, 2.05) is 12.1 Å². The Kier molecular flexibility index (Phi) is 2.27. The third kappa shape index (κ3) is 1.47. The fourth-order valence-electron chi connectivity index (χ4n) is 3.01. The molecule has 4 nitrogen and oxygen atoms in total. The predicted molar refractivity (Wildman–Crippen MR) is 63.3 cm³/mol. The second-order valence-corrected chi connectivity index (χ2v) is 5.75. The molecule has 0 amide bonds. The van der Waals surface area contributed by atoms with Gasteiger partial charge >= 0.3 is 0 Å². The molecular formula is C11H17ClN4. The molecule has 88 valence electrons. The van der Waals surface area contributed by atoms with Crippen LogP contribution in [0.15, 0.2) is 22.0 Å². The molecule has 3 rings (SSSR count). The Balaban J connectivity index is 1.87. The molecule has 3 heterocycles. The minimum Gasteiger partial charge on any atom is -0.297 e. The summed E-state index contributed by atoms with van der Waals surface area (Å²) in [7, 11) is 4.12. The van der Waals surface area contributed by atoms with E-state index in [9.17, 15) is 0 Å². The second kappa shape index (κ2) is 3.44. The summed E-state index contributed by atoms with van der Waals surface area (Å²) in [6.07, 6.45) is 5.89. The maximum Gasteiger partial charge on any atom is 0.196 e. The highest BCUT2D eigenvalue weighted by Gasteiger charge is 2.44. The highest BCUT2D eigenvalue weighted by Crippen LogP contribution is 2.42. The zero-order valence-electron chi connectivity index (χ0n) is 9.73. The van der Waals surface area contributed by atoms with Crippen molar-refractivity contribution < 1.29 is 0 Å². The number of alkyl halides is 1. The average molecular weight is 241 g/mol. The van der Waals surface area contributed by atoms with Crippen molar-refractivity contribution in [2.75, 3.05) is 20.6 Å². The lowest BCUT2D eigenvalue weighted by atomic mass is 9.95. The molecule has 0 aromatic carbocycles. The van der Waals surface area contributed by atoms with Crippen LogP contribution in [-0.4, -0.2) is 47.6 Å². The van der Waals surface area contributed by atoms with Crippen LogP contribution < -0.4 is 0 Å². The number of nitrogens with zero attached hydrogens (tertiary/aromatic N) is 4. The van der Waals surface area contributed by atoms with E-state index in [1.54, 1.807) is 0 Å². The molecule has 5 heteroatoms. The summed E-state index contributed by atoms with van der Waals surface area (Å²) in [6.45, 7) is 0.698. The van der Waals surface area contributed by atoms with Crippen LogP contribution in [0.25, 0.3) is 0 Å². The Hall–Kier alpha value is -0.610. The highest BCUT2D eigenvalue weighted by molar-refractivity contribution is 6.26. The van der Waals surface area contributed by atoms with Gasteiger partial charge in [-0.3, -0.25) is 9.91 Å². The van der Waals surface area contributed by atoms with Crippen LogP contribution in [0.3, 0.4) is 0 Å². The van der Waals surface area contributed by atoms with Crippen LogP contribution in [-0.2, 0) is 0 Å². The van der Waals surface area contributed by atoms with Crippen molar-refractivity contribution in [2.45, 2.75) is 36.3 Å². The molecule has 3 aliphatic heterocycles. The molecule has 16 heavy (non-hydrogen) atoms. The topological polar surface area (TPSA) is 31.2 Å². The van der Waals surface area contributed by atoms with Crippen LogP contribution in [0.1, 0.15) is 19.3 Å². The summed E-state index contributed by atoms with van der Waals surface area (Å²) in [6, 6.07) is 1.22. The molecule has 0 aromatic rings. The van der Waals surface area contributed by atoms with Crippen molar-refractivity contribution in [1.82, 2.24) is 9.91 Å². The molecule has 0 N–H and O–H groups in total. The fourth-order valence-corrected chi connectivity index (χ4v) is 3.35. The molecule has 3 aliphatic rings. The van der Waals surface area contributed by atoms with Gasteiger partial charge in [-0.05, 0) is 31.9 Å². The monoisotopic (exact) mass is 240 g/mol. The first kappa shape index (κ1) is 10.5. The Morgan fingerprint density at radius 1 is 1.44 bits per heavy atom. The zero-order chi connectivity index (χ0) is 11.3. The summed E-state index contributed by atoms with van der Waals surface area (Å²) in [5.74, 6) is 0. The zero-order valence-corrected chi connectivity index (χ0v) is 10.5. The maximum absolute atomic E-state index is 6.56. The average Bonchev–Trinajstić information content (AvgIpc) is 2.66. The van der Waals surface area contributed by atoms with E-state index in [0.717, 1.165) is 6.42 Å². The van der Waals surface area contributed by atoms with Crippen LogP contribution in [0, 0.1) is 0 Å². The van der Waals surface area contributed by atoms with E-state index in [-0.39, 0.29) is 0 Å². The van der Waals surface area contributed by atoms with Gasteiger partial charge in [-0.15, -0.1) is 5.11 Å². The van der Waals surface area contributed by atoms with E-state index in [2.05, 4.69) is 28.4 Å². The lowest BCUT2D eigenvalue weighted by molar-refractivity contribution is 0.247.